The largest absolute Gasteiger partial charge is 0.373 e. The standard InChI is InChI=1S/C12H24O/c1-11(2,3)7-9(10-8-13-10)12(4,5)6/h9-10H,7-8H2,1-6H3. The van der Waals surface area contributed by atoms with Crippen LogP contribution in [-0.4, -0.2) is 12.7 Å². The van der Waals surface area contributed by atoms with Gasteiger partial charge >= 0.3 is 0 Å². The molecular weight excluding hydrogens is 160 g/mol. The molecule has 0 aromatic heterocycles. The Hall–Kier alpha value is -0.0400. The Morgan fingerprint density at radius 2 is 1.62 bits per heavy atom. The van der Waals surface area contributed by atoms with Gasteiger partial charge < -0.3 is 4.74 Å². The number of hydrogen-bond donors (Lipinski definition) is 0. The van der Waals surface area contributed by atoms with E-state index in [-0.39, 0.29) is 0 Å². The topological polar surface area (TPSA) is 12.5 Å². The Balaban J connectivity index is 2.58. The Morgan fingerprint density at radius 1 is 1.15 bits per heavy atom. The molecule has 0 saturated carbocycles. The summed E-state index contributed by atoms with van der Waals surface area (Å²) in [5.74, 6) is 0.715. The Morgan fingerprint density at radius 3 is 1.85 bits per heavy atom. The van der Waals surface area contributed by atoms with Crippen LogP contribution in [0.15, 0.2) is 0 Å². The molecule has 0 aromatic rings. The van der Waals surface area contributed by atoms with Gasteiger partial charge in [0.15, 0.2) is 0 Å². The fourth-order valence-corrected chi connectivity index (χ4v) is 1.94. The summed E-state index contributed by atoms with van der Waals surface area (Å²) in [6.45, 7) is 14.9. The van der Waals surface area contributed by atoms with E-state index < -0.39 is 0 Å². The summed E-state index contributed by atoms with van der Waals surface area (Å²) < 4.78 is 5.44. The van der Waals surface area contributed by atoms with E-state index in [1.54, 1.807) is 0 Å². The van der Waals surface area contributed by atoms with Crippen molar-refractivity contribution in [1.29, 1.82) is 0 Å². The molecule has 1 aliphatic heterocycles. The summed E-state index contributed by atoms with van der Waals surface area (Å²) in [5, 5.41) is 0. The van der Waals surface area contributed by atoms with Crippen LogP contribution >= 0.6 is 0 Å². The molecule has 0 radical (unpaired) electrons. The van der Waals surface area contributed by atoms with Crippen molar-refractivity contribution in [3.63, 3.8) is 0 Å². The van der Waals surface area contributed by atoms with E-state index in [0.29, 0.717) is 22.9 Å². The lowest BCUT2D eigenvalue weighted by atomic mass is 9.71. The molecule has 1 nitrogen and oxygen atoms in total. The van der Waals surface area contributed by atoms with Gasteiger partial charge in [-0.05, 0) is 23.2 Å². The predicted octanol–water partition coefficient (Wildman–Crippen LogP) is 3.48. The zero-order valence-electron chi connectivity index (χ0n) is 9.98. The van der Waals surface area contributed by atoms with Gasteiger partial charge in [-0.2, -0.15) is 0 Å². The first-order valence-corrected chi connectivity index (χ1v) is 5.32. The zero-order valence-corrected chi connectivity index (χ0v) is 9.98. The molecular formula is C12H24O. The number of rotatable bonds is 2. The van der Waals surface area contributed by atoms with Crippen LogP contribution in [-0.2, 0) is 4.74 Å². The lowest BCUT2D eigenvalue weighted by Gasteiger charge is -2.34. The van der Waals surface area contributed by atoms with Crippen LogP contribution < -0.4 is 0 Å². The summed E-state index contributed by atoms with van der Waals surface area (Å²) in [6, 6.07) is 0. The van der Waals surface area contributed by atoms with Crippen LogP contribution in [0.5, 0.6) is 0 Å². The minimum Gasteiger partial charge on any atom is -0.373 e. The molecule has 0 amide bonds. The second kappa shape index (κ2) is 3.27. The average Bonchev–Trinajstić information content (AvgIpc) is 2.58. The molecule has 0 aliphatic carbocycles. The molecule has 2 unspecified atom stereocenters. The normalized spacial score (nSPS) is 25.8. The maximum absolute atomic E-state index is 5.44. The highest BCUT2D eigenvalue weighted by molar-refractivity contribution is 4.89. The molecule has 1 heteroatoms. The van der Waals surface area contributed by atoms with Gasteiger partial charge in [0.2, 0.25) is 0 Å². The molecule has 13 heavy (non-hydrogen) atoms. The van der Waals surface area contributed by atoms with Crippen molar-refractivity contribution < 1.29 is 4.74 Å². The molecule has 1 saturated heterocycles. The van der Waals surface area contributed by atoms with Crippen molar-refractivity contribution in [3.8, 4) is 0 Å². The van der Waals surface area contributed by atoms with Crippen molar-refractivity contribution in [2.24, 2.45) is 16.7 Å². The van der Waals surface area contributed by atoms with Gasteiger partial charge in [0.25, 0.3) is 0 Å². The maximum atomic E-state index is 5.44. The van der Waals surface area contributed by atoms with E-state index in [1.165, 1.54) is 6.42 Å². The molecule has 1 aliphatic rings. The monoisotopic (exact) mass is 184 g/mol. The van der Waals surface area contributed by atoms with E-state index in [0.717, 1.165) is 6.61 Å². The highest BCUT2D eigenvalue weighted by Gasteiger charge is 2.41. The first-order chi connectivity index (χ1) is 5.70. The van der Waals surface area contributed by atoms with E-state index in [4.69, 9.17) is 4.74 Å². The highest BCUT2D eigenvalue weighted by atomic mass is 16.6. The number of hydrogen-bond acceptors (Lipinski definition) is 1. The van der Waals surface area contributed by atoms with Gasteiger partial charge in [-0.25, -0.2) is 0 Å². The molecule has 78 valence electrons. The van der Waals surface area contributed by atoms with Gasteiger partial charge in [0.1, 0.15) is 0 Å². The van der Waals surface area contributed by atoms with Crippen molar-refractivity contribution >= 4 is 0 Å². The Labute approximate surface area is 82.9 Å². The third-order valence-corrected chi connectivity index (χ3v) is 2.75. The van der Waals surface area contributed by atoms with Crippen LogP contribution in [0.3, 0.4) is 0 Å². The molecule has 0 aromatic carbocycles. The second-order valence-electron chi connectivity index (χ2n) is 6.61. The molecule has 1 rings (SSSR count). The summed E-state index contributed by atoms with van der Waals surface area (Å²) in [6.07, 6.45) is 1.81. The van der Waals surface area contributed by atoms with Crippen LogP contribution in [0, 0.1) is 16.7 Å². The lowest BCUT2D eigenvalue weighted by molar-refractivity contribution is 0.128. The molecule has 0 bridgehead atoms. The van der Waals surface area contributed by atoms with Crippen molar-refractivity contribution in [3.05, 3.63) is 0 Å². The van der Waals surface area contributed by atoms with E-state index in [2.05, 4.69) is 41.5 Å². The van der Waals surface area contributed by atoms with Gasteiger partial charge in [0, 0.05) is 0 Å². The molecule has 0 N–H and O–H groups in total. The van der Waals surface area contributed by atoms with Crippen LogP contribution in [0.2, 0.25) is 0 Å². The quantitative estimate of drug-likeness (QED) is 0.598. The lowest BCUT2D eigenvalue weighted by Crippen LogP contribution is -2.29. The van der Waals surface area contributed by atoms with Gasteiger partial charge in [-0.1, -0.05) is 41.5 Å². The van der Waals surface area contributed by atoms with Crippen molar-refractivity contribution in [2.45, 2.75) is 54.1 Å². The summed E-state index contributed by atoms with van der Waals surface area (Å²) in [7, 11) is 0. The molecule has 1 heterocycles. The molecule has 2 atom stereocenters. The number of epoxide rings is 1. The van der Waals surface area contributed by atoms with Crippen LogP contribution in [0.4, 0.5) is 0 Å². The predicted molar refractivity (Wildman–Crippen MR) is 56.8 cm³/mol. The molecule has 1 fully saturated rings. The smallest absolute Gasteiger partial charge is 0.0843 e. The number of ether oxygens (including phenoxy) is 1. The summed E-state index contributed by atoms with van der Waals surface area (Å²) in [4.78, 5) is 0. The summed E-state index contributed by atoms with van der Waals surface area (Å²) >= 11 is 0. The van der Waals surface area contributed by atoms with Gasteiger partial charge in [-0.15, -0.1) is 0 Å². The second-order valence-corrected chi connectivity index (χ2v) is 6.61. The first kappa shape index (κ1) is 11.0. The minimum absolute atomic E-state index is 0.383. The Kier molecular flexibility index (Phi) is 2.78. The van der Waals surface area contributed by atoms with Gasteiger partial charge in [-0.3, -0.25) is 0 Å². The van der Waals surface area contributed by atoms with Crippen molar-refractivity contribution in [2.75, 3.05) is 6.61 Å². The fourth-order valence-electron chi connectivity index (χ4n) is 1.94. The van der Waals surface area contributed by atoms with E-state index >= 15 is 0 Å². The van der Waals surface area contributed by atoms with Crippen molar-refractivity contribution in [1.82, 2.24) is 0 Å². The zero-order chi connectivity index (χ0) is 10.3. The van der Waals surface area contributed by atoms with E-state index in [1.807, 2.05) is 0 Å². The summed E-state index contributed by atoms with van der Waals surface area (Å²) in [5.41, 5.74) is 0.804. The average molecular weight is 184 g/mol. The first-order valence-electron chi connectivity index (χ1n) is 5.32. The van der Waals surface area contributed by atoms with Crippen LogP contribution in [0.1, 0.15) is 48.0 Å². The maximum Gasteiger partial charge on any atom is 0.0843 e. The van der Waals surface area contributed by atoms with Gasteiger partial charge in [0.05, 0.1) is 12.7 Å². The molecule has 0 spiro atoms. The Bertz CT molecular complexity index is 167. The SMILES string of the molecule is CC(C)(C)CC(C1CO1)C(C)(C)C. The fraction of sp³-hybridized carbons (Fsp3) is 1.00. The van der Waals surface area contributed by atoms with Crippen LogP contribution in [0.25, 0.3) is 0 Å². The van der Waals surface area contributed by atoms with E-state index in [9.17, 15) is 0 Å². The highest BCUT2D eigenvalue weighted by Crippen LogP contribution is 2.42. The third-order valence-electron chi connectivity index (χ3n) is 2.75. The minimum atomic E-state index is 0.383. The third kappa shape index (κ3) is 3.68.